The van der Waals surface area contributed by atoms with Gasteiger partial charge in [0, 0.05) is 105 Å². The number of anilines is 6. The molecule has 624 valence electrons. The third-order valence-corrected chi connectivity index (χ3v) is 28.0. The van der Waals surface area contributed by atoms with E-state index in [0.29, 0.717) is 5.92 Å². The molecular weight excluding hydrogens is 1570 g/mol. The van der Waals surface area contributed by atoms with Crippen LogP contribution in [0.2, 0.25) is 0 Å². The number of aromatic nitrogens is 1. The van der Waals surface area contributed by atoms with Crippen LogP contribution in [-0.2, 0) is 21.7 Å². The molecule has 7 nitrogen and oxygen atoms in total. The van der Waals surface area contributed by atoms with Crippen molar-refractivity contribution in [2.75, 3.05) is 9.80 Å². The molecule has 0 saturated heterocycles. The van der Waals surface area contributed by atoms with Crippen LogP contribution in [0.4, 0.5) is 34.1 Å². The summed E-state index contributed by atoms with van der Waals surface area (Å²) in [5.74, 6) is 0.310. The summed E-state index contributed by atoms with van der Waals surface area (Å²) < 4.78 is 30.9. The maximum atomic E-state index is 7.10. The molecule has 0 saturated carbocycles. The number of para-hydroxylation sites is 4. The summed E-state index contributed by atoms with van der Waals surface area (Å²) in [7, 11) is 0. The minimum atomic E-state index is -0.465. The first-order valence-corrected chi connectivity index (χ1v) is 45.6. The molecule has 129 heavy (non-hydrogen) atoms. The van der Waals surface area contributed by atoms with Crippen molar-refractivity contribution in [2.24, 2.45) is 0 Å². The quantitative estimate of drug-likeness (QED) is 0.127. The van der Waals surface area contributed by atoms with E-state index in [1.165, 1.54) is 49.5 Å². The molecule has 22 aromatic rings. The van der Waals surface area contributed by atoms with Crippen LogP contribution in [0.3, 0.4) is 0 Å². The summed E-state index contributed by atoms with van der Waals surface area (Å²) in [6.07, 6.45) is 0. The Labute approximate surface area is 752 Å². The fourth-order valence-electron chi connectivity index (χ4n) is 21.3. The summed E-state index contributed by atoms with van der Waals surface area (Å²) in [5.41, 5.74) is 37.7. The third kappa shape index (κ3) is 12.2. The molecule has 2 aliphatic heterocycles. The van der Waals surface area contributed by atoms with Gasteiger partial charge in [-0.25, -0.2) is 0 Å². The number of rotatable bonds is 10. The van der Waals surface area contributed by atoms with E-state index in [2.05, 4.69) is 445 Å². The van der Waals surface area contributed by atoms with Gasteiger partial charge in [-0.1, -0.05) is 297 Å². The second kappa shape index (κ2) is 28.5. The Morgan fingerprint density at radius 3 is 1.06 bits per heavy atom. The van der Waals surface area contributed by atoms with Crippen molar-refractivity contribution in [1.82, 2.24) is 4.57 Å². The highest BCUT2D eigenvalue weighted by molar-refractivity contribution is 7.00. The monoisotopic (exact) mass is 1670 g/mol. The molecule has 8 heteroatoms. The molecule has 0 amide bonds. The molecule has 0 spiro atoms. The van der Waals surface area contributed by atoms with Gasteiger partial charge < -0.3 is 32.0 Å². The highest BCUT2D eigenvalue weighted by atomic mass is 16.3. The van der Waals surface area contributed by atoms with Gasteiger partial charge in [0.05, 0.1) is 22.4 Å². The average molecular weight is 1670 g/mol. The molecule has 2 aliphatic rings. The van der Waals surface area contributed by atoms with Crippen molar-refractivity contribution in [3.63, 3.8) is 0 Å². The number of furan rings is 4. The summed E-state index contributed by atoms with van der Waals surface area (Å²) in [6, 6.07) is 126. The summed E-state index contributed by atoms with van der Waals surface area (Å²) in [4.78, 5) is 5.50. The Morgan fingerprint density at radius 2 is 0.620 bits per heavy atom. The third-order valence-electron chi connectivity index (χ3n) is 28.0. The lowest BCUT2D eigenvalue weighted by atomic mass is 9.33. The van der Waals surface area contributed by atoms with Gasteiger partial charge in [0.15, 0.2) is 0 Å². The summed E-state index contributed by atoms with van der Waals surface area (Å²) in [6.45, 7) is 32.6. The zero-order valence-electron chi connectivity index (χ0n) is 75.4. The van der Waals surface area contributed by atoms with Crippen molar-refractivity contribution in [3.05, 3.63) is 361 Å². The lowest BCUT2D eigenvalue weighted by Gasteiger charge is -2.47. The molecular formula is C121H98BN3O4. The molecule has 0 atom stereocenters. The molecule has 0 N–H and O–H groups in total. The van der Waals surface area contributed by atoms with Crippen molar-refractivity contribution in [3.8, 4) is 72.4 Å². The van der Waals surface area contributed by atoms with Crippen molar-refractivity contribution < 1.29 is 17.7 Å². The predicted molar refractivity (Wildman–Crippen MR) is 545 cm³/mol. The fraction of sp³-hybridized carbons (Fsp3) is 0.157. The first-order chi connectivity index (χ1) is 62.3. The van der Waals surface area contributed by atoms with Crippen LogP contribution in [0.1, 0.15) is 131 Å². The van der Waals surface area contributed by atoms with Crippen LogP contribution >= 0.6 is 0 Å². The van der Waals surface area contributed by atoms with Gasteiger partial charge in [0.2, 0.25) is 0 Å². The van der Waals surface area contributed by atoms with Crippen LogP contribution < -0.4 is 26.2 Å². The van der Waals surface area contributed by atoms with Crippen molar-refractivity contribution in [1.29, 1.82) is 0 Å². The maximum absolute atomic E-state index is 7.10. The first kappa shape index (κ1) is 77.9. The van der Waals surface area contributed by atoms with Crippen LogP contribution in [0, 0.1) is 0 Å². The molecule has 17 aromatic carbocycles. The highest BCUT2D eigenvalue weighted by Crippen LogP contribution is 2.59. The van der Waals surface area contributed by atoms with Crippen molar-refractivity contribution >= 4 is 167 Å². The minimum Gasteiger partial charge on any atom is -0.456 e. The zero-order valence-corrected chi connectivity index (χ0v) is 75.4. The lowest BCUT2D eigenvalue weighted by Crippen LogP contribution is -2.61. The number of hydrogen-bond donors (Lipinski definition) is 0. The zero-order chi connectivity index (χ0) is 87.7. The Morgan fingerprint density at radius 1 is 0.248 bits per heavy atom. The van der Waals surface area contributed by atoms with E-state index in [1.807, 2.05) is 0 Å². The van der Waals surface area contributed by atoms with E-state index in [0.717, 1.165) is 211 Å². The SMILES string of the molecule is CC(C)c1ccc2c(c1)c1cc(C(C)(C)C)ccc1n2-c1ccc2c(c1)N(c1c(-c3cccc4oc5ccccc5c34)cc(C(C)(C)C)cc1-c1cccc3oc4ccccc4c13)c1cc(C(C)(C)C)cc3c1B2c1cc(-c2cccc(-c4ccccc4)c2)ccc1N3c1c(-c2cccc3oc4ccccc4c23)cc(C(C)(C)C)cc1-c1cccc2oc3ccccc3c12. The Balaban J connectivity index is 0.912. The lowest BCUT2D eigenvalue weighted by molar-refractivity contribution is 0.590. The van der Waals surface area contributed by atoms with Gasteiger partial charge in [0.25, 0.3) is 6.71 Å². The summed E-state index contributed by atoms with van der Waals surface area (Å²) >= 11 is 0. The van der Waals surface area contributed by atoms with Crippen LogP contribution in [0.15, 0.2) is 351 Å². The first-order valence-electron chi connectivity index (χ1n) is 45.6. The highest BCUT2D eigenvalue weighted by Gasteiger charge is 2.48. The number of hydrogen-bond acceptors (Lipinski definition) is 6. The van der Waals surface area contributed by atoms with Gasteiger partial charge in [-0.15, -0.1) is 0 Å². The molecule has 7 heterocycles. The predicted octanol–water partition coefficient (Wildman–Crippen LogP) is 32.8. The van der Waals surface area contributed by atoms with E-state index in [1.54, 1.807) is 0 Å². The number of benzene rings is 17. The largest absolute Gasteiger partial charge is 0.456 e. The summed E-state index contributed by atoms with van der Waals surface area (Å²) in [5, 5.41) is 10.9. The van der Waals surface area contributed by atoms with Crippen molar-refractivity contribution in [2.45, 2.75) is 125 Å². The van der Waals surface area contributed by atoms with E-state index >= 15 is 0 Å². The van der Waals surface area contributed by atoms with E-state index in [-0.39, 0.29) is 16.2 Å². The topological polar surface area (TPSA) is 64.0 Å². The van der Waals surface area contributed by atoms with Crippen LogP contribution in [0.5, 0.6) is 0 Å². The van der Waals surface area contributed by atoms with Gasteiger partial charge >= 0.3 is 0 Å². The molecule has 0 aliphatic carbocycles. The van der Waals surface area contributed by atoms with Gasteiger partial charge in [-0.3, -0.25) is 0 Å². The van der Waals surface area contributed by atoms with E-state index < -0.39 is 12.1 Å². The normalized spacial score (nSPS) is 13.2. The molecule has 0 unspecified atom stereocenters. The molecule has 0 radical (unpaired) electrons. The van der Waals surface area contributed by atoms with Gasteiger partial charge in [-0.05, 0) is 250 Å². The maximum Gasteiger partial charge on any atom is 0.252 e. The molecule has 5 aromatic heterocycles. The van der Waals surface area contributed by atoms with E-state index in [4.69, 9.17) is 17.7 Å². The average Bonchev–Trinajstić information content (AvgIpc) is 1.68. The Kier molecular flexibility index (Phi) is 17.2. The molecule has 0 bridgehead atoms. The Bertz CT molecular complexity index is 8210. The van der Waals surface area contributed by atoms with Gasteiger partial charge in [-0.2, -0.15) is 0 Å². The number of nitrogens with zero attached hydrogens (tertiary/aromatic N) is 3. The second-order valence-electron chi connectivity index (χ2n) is 40.4. The molecule has 0 fully saturated rings. The standard InChI is InChI=1S/C121H98BN3O4/c1-70(2)72-51-56-97-89(60-72)90-62-76(118(3,4)5)53-58-98(90)123(97)80-54-55-95-100(69-80)125(117-93(83-41-29-49-109-113(83)87-37-20-24-45-105(87)128-109)65-78(120(9,10)11)66-94(117)84-42-30-50-110-114(84)88-38-21-25-46-106(88)129-110)102-68-79(121(12,13)14)67-101-115(102)122(95)96-61-75(74-34-26-33-73(59-74)71-31-16-15-17-32-71)52-57-99(96)124(101)116-91(81-39-27-47-107-111(81)85-35-18-22-43-103(85)126-107)63-77(119(6,7)8)64-92(116)82-40-28-48-108-112(82)86-36-19-23-44-104(86)127-108/h15-70H,1-14H3. The molecule has 24 rings (SSSR count). The minimum absolute atomic E-state index is 0.109. The smallest absolute Gasteiger partial charge is 0.252 e. The van der Waals surface area contributed by atoms with E-state index in [9.17, 15) is 0 Å². The second-order valence-corrected chi connectivity index (χ2v) is 40.4. The van der Waals surface area contributed by atoms with Crippen LogP contribution in [-0.4, -0.2) is 11.3 Å². The Hall–Kier alpha value is -14.6. The fourth-order valence-corrected chi connectivity index (χ4v) is 21.3. The van der Waals surface area contributed by atoms with Crippen LogP contribution in [0.25, 0.3) is 182 Å². The van der Waals surface area contributed by atoms with Gasteiger partial charge in [0.1, 0.15) is 44.7 Å². The number of fused-ring (bicyclic) bond motifs is 19.